The summed E-state index contributed by atoms with van der Waals surface area (Å²) < 4.78 is 18.2. The second-order valence-electron chi connectivity index (χ2n) is 6.43. The molecule has 1 N–H and O–H groups in total. The van der Waals surface area contributed by atoms with Gasteiger partial charge in [0.15, 0.2) is 0 Å². The number of amides is 1. The van der Waals surface area contributed by atoms with Crippen molar-refractivity contribution >= 4 is 23.0 Å². The molecule has 0 unspecified atom stereocenters. The molecule has 0 saturated carbocycles. The molecule has 1 fully saturated rings. The molecule has 0 atom stereocenters. The Hall–Kier alpha value is -3.20. The normalized spacial score (nSPS) is 14.6. The van der Waals surface area contributed by atoms with Gasteiger partial charge in [-0.25, -0.2) is 4.39 Å². The average Bonchev–Trinajstić information content (AvgIpc) is 2.69. The third-order valence-electron chi connectivity index (χ3n) is 4.60. The monoisotopic (exact) mass is 388 g/mol. The highest BCUT2D eigenvalue weighted by atomic mass is 19.1. The number of anilines is 2. The maximum Gasteiger partial charge on any atom is 0.273 e. The van der Waals surface area contributed by atoms with Crippen molar-refractivity contribution in [1.29, 1.82) is 0 Å². The van der Waals surface area contributed by atoms with Gasteiger partial charge in [-0.3, -0.25) is 19.8 Å². The van der Waals surface area contributed by atoms with Crippen LogP contribution in [-0.4, -0.2) is 55.6 Å². The molecule has 0 spiro atoms. The molecule has 1 heterocycles. The van der Waals surface area contributed by atoms with E-state index < -0.39 is 4.92 Å². The van der Waals surface area contributed by atoms with Crippen LogP contribution in [0.25, 0.3) is 0 Å². The third kappa shape index (κ3) is 4.74. The number of piperazine rings is 1. The largest absolute Gasteiger partial charge is 0.494 e. The minimum atomic E-state index is -0.519. The number of ether oxygens (including phenoxy) is 1. The van der Waals surface area contributed by atoms with Crippen molar-refractivity contribution in [3.63, 3.8) is 0 Å². The summed E-state index contributed by atoms with van der Waals surface area (Å²) >= 11 is 0. The fraction of sp³-hybridized carbons (Fsp3) is 0.316. The van der Waals surface area contributed by atoms with Crippen LogP contribution in [-0.2, 0) is 4.79 Å². The van der Waals surface area contributed by atoms with Crippen LogP contribution in [0.2, 0.25) is 0 Å². The number of methoxy groups -OCH3 is 1. The number of nitro groups is 1. The predicted octanol–water partition coefficient (Wildman–Crippen LogP) is 2.50. The van der Waals surface area contributed by atoms with E-state index >= 15 is 0 Å². The number of nitrogens with one attached hydrogen (secondary N) is 1. The standard InChI is InChI=1S/C19H21FN4O4/c1-28-18-12-16(24(26)27)6-7-17(18)21-19(25)13-22-8-10-23(11-9-22)15-4-2-14(20)3-5-15/h2-7,12H,8-11,13H2,1H3,(H,21,25). The van der Waals surface area contributed by atoms with E-state index in [0.717, 1.165) is 18.8 Å². The van der Waals surface area contributed by atoms with Crippen molar-refractivity contribution in [2.24, 2.45) is 0 Å². The molecule has 0 radical (unpaired) electrons. The van der Waals surface area contributed by atoms with Crippen LogP contribution < -0.4 is 15.0 Å². The lowest BCUT2D eigenvalue weighted by molar-refractivity contribution is -0.384. The zero-order valence-electron chi connectivity index (χ0n) is 15.4. The fourth-order valence-corrected chi connectivity index (χ4v) is 3.11. The van der Waals surface area contributed by atoms with E-state index in [-0.39, 0.29) is 29.7 Å². The lowest BCUT2D eigenvalue weighted by Gasteiger charge is -2.35. The van der Waals surface area contributed by atoms with Gasteiger partial charge in [0.05, 0.1) is 30.3 Å². The Balaban J connectivity index is 1.53. The topological polar surface area (TPSA) is 87.9 Å². The van der Waals surface area contributed by atoms with Gasteiger partial charge in [0.1, 0.15) is 11.6 Å². The summed E-state index contributed by atoms with van der Waals surface area (Å²) in [7, 11) is 1.39. The van der Waals surface area contributed by atoms with E-state index in [9.17, 15) is 19.3 Å². The lowest BCUT2D eigenvalue weighted by Crippen LogP contribution is -2.48. The molecule has 1 aliphatic rings. The second kappa shape index (κ2) is 8.66. The minimum Gasteiger partial charge on any atom is -0.494 e. The van der Waals surface area contributed by atoms with Gasteiger partial charge >= 0.3 is 0 Å². The van der Waals surface area contributed by atoms with Crippen molar-refractivity contribution in [3.05, 3.63) is 58.4 Å². The van der Waals surface area contributed by atoms with Crippen LogP contribution in [0.3, 0.4) is 0 Å². The molecule has 1 amide bonds. The molecule has 1 saturated heterocycles. The number of carbonyl (C=O) groups is 1. The van der Waals surface area contributed by atoms with Crippen molar-refractivity contribution in [2.75, 3.05) is 50.1 Å². The van der Waals surface area contributed by atoms with Crippen LogP contribution in [0.1, 0.15) is 0 Å². The Labute approximate surface area is 161 Å². The van der Waals surface area contributed by atoms with E-state index in [1.165, 1.54) is 37.4 Å². The molecule has 9 heteroatoms. The Kier molecular flexibility index (Phi) is 6.05. The smallest absolute Gasteiger partial charge is 0.273 e. The van der Waals surface area contributed by atoms with Gasteiger partial charge < -0.3 is 15.0 Å². The number of nitro benzene ring substituents is 1. The Morgan fingerprint density at radius 2 is 1.86 bits per heavy atom. The lowest BCUT2D eigenvalue weighted by atomic mass is 10.2. The highest BCUT2D eigenvalue weighted by Crippen LogP contribution is 2.29. The zero-order valence-corrected chi connectivity index (χ0v) is 15.4. The van der Waals surface area contributed by atoms with Crippen molar-refractivity contribution in [3.8, 4) is 5.75 Å². The van der Waals surface area contributed by atoms with Gasteiger partial charge in [-0.2, -0.15) is 0 Å². The number of halogens is 1. The molecule has 2 aromatic carbocycles. The van der Waals surface area contributed by atoms with Crippen molar-refractivity contribution in [1.82, 2.24) is 4.90 Å². The van der Waals surface area contributed by atoms with Crippen LogP contribution in [0.4, 0.5) is 21.5 Å². The highest BCUT2D eigenvalue weighted by Gasteiger charge is 2.20. The molecule has 0 aromatic heterocycles. The first-order valence-electron chi connectivity index (χ1n) is 8.81. The van der Waals surface area contributed by atoms with Gasteiger partial charge in [-0.15, -0.1) is 0 Å². The number of hydrogen-bond acceptors (Lipinski definition) is 6. The summed E-state index contributed by atoms with van der Waals surface area (Å²) in [5.74, 6) is -0.244. The highest BCUT2D eigenvalue weighted by molar-refractivity contribution is 5.94. The summed E-state index contributed by atoms with van der Waals surface area (Å²) in [6, 6.07) is 10.4. The van der Waals surface area contributed by atoms with Gasteiger partial charge in [0.2, 0.25) is 5.91 Å². The van der Waals surface area contributed by atoms with Gasteiger partial charge in [-0.1, -0.05) is 0 Å². The van der Waals surface area contributed by atoms with Crippen molar-refractivity contribution < 1.29 is 18.8 Å². The summed E-state index contributed by atoms with van der Waals surface area (Å²) in [5.41, 5.74) is 1.25. The number of hydrogen-bond donors (Lipinski definition) is 1. The summed E-state index contributed by atoms with van der Waals surface area (Å²) in [4.78, 5) is 26.9. The van der Waals surface area contributed by atoms with E-state index in [4.69, 9.17) is 4.74 Å². The SMILES string of the molecule is COc1cc([N+](=O)[O-])ccc1NC(=O)CN1CCN(c2ccc(F)cc2)CC1. The maximum absolute atomic E-state index is 13.0. The summed E-state index contributed by atoms with van der Waals surface area (Å²) in [5, 5.41) is 13.6. The molecule has 0 bridgehead atoms. The number of nitrogens with zero attached hydrogens (tertiary/aromatic N) is 3. The zero-order chi connectivity index (χ0) is 20.1. The molecular formula is C19H21FN4O4. The number of benzene rings is 2. The number of carbonyl (C=O) groups excluding carboxylic acids is 1. The Morgan fingerprint density at radius 3 is 2.46 bits per heavy atom. The number of non-ortho nitro benzene ring substituents is 1. The van der Waals surface area contributed by atoms with Crippen LogP contribution in [0.5, 0.6) is 5.75 Å². The molecule has 8 nitrogen and oxygen atoms in total. The van der Waals surface area contributed by atoms with Gasteiger partial charge in [0, 0.05) is 37.9 Å². The van der Waals surface area contributed by atoms with E-state index in [1.54, 1.807) is 12.1 Å². The average molecular weight is 388 g/mol. The van der Waals surface area contributed by atoms with Gasteiger partial charge in [-0.05, 0) is 30.3 Å². The summed E-state index contributed by atoms with van der Waals surface area (Å²) in [6.45, 7) is 3.07. The first-order valence-corrected chi connectivity index (χ1v) is 8.81. The molecule has 2 aromatic rings. The molecule has 28 heavy (non-hydrogen) atoms. The third-order valence-corrected chi connectivity index (χ3v) is 4.60. The predicted molar refractivity (Wildman–Crippen MR) is 103 cm³/mol. The molecule has 1 aliphatic heterocycles. The number of rotatable bonds is 6. The minimum absolute atomic E-state index is 0.105. The molecular weight excluding hydrogens is 367 g/mol. The fourth-order valence-electron chi connectivity index (χ4n) is 3.11. The first-order chi connectivity index (χ1) is 13.5. The molecule has 148 valence electrons. The maximum atomic E-state index is 13.0. The van der Waals surface area contributed by atoms with E-state index in [2.05, 4.69) is 10.2 Å². The van der Waals surface area contributed by atoms with Crippen molar-refractivity contribution in [2.45, 2.75) is 0 Å². The van der Waals surface area contributed by atoms with Gasteiger partial charge in [0.25, 0.3) is 5.69 Å². The molecule has 0 aliphatic carbocycles. The van der Waals surface area contributed by atoms with E-state index in [0.29, 0.717) is 18.8 Å². The molecule has 3 rings (SSSR count). The van der Waals surface area contributed by atoms with Crippen LogP contribution in [0, 0.1) is 15.9 Å². The summed E-state index contributed by atoms with van der Waals surface area (Å²) in [6.07, 6.45) is 0. The van der Waals surface area contributed by atoms with E-state index in [1.807, 2.05) is 4.90 Å². The first kappa shape index (κ1) is 19.6. The Bertz CT molecular complexity index is 852. The second-order valence-corrected chi connectivity index (χ2v) is 6.43. The Morgan fingerprint density at radius 1 is 1.18 bits per heavy atom. The quantitative estimate of drug-likeness (QED) is 0.604. The van der Waals surface area contributed by atoms with Crippen LogP contribution >= 0.6 is 0 Å². The van der Waals surface area contributed by atoms with Crippen LogP contribution in [0.15, 0.2) is 42.5 Å².